The van der Waals surface area contributed by atoms with Crippen molar-refractivity contribution >= 4 is 23.1 Å². The number of hydrogen-bond donors (Lipinski definition) is 1. The molecule has 0 aromatic heterocycles. The fourth-order valence-electron chi connectivity index (χ4n) is 1.31. The Kier molecular flexibility index (Phi) is 6.07. The van der Waals surface area contributed by atoms with Crippen LogP contribution in [0.5, 0.6) is 11.5 Å². The molecule has 2 N–H and O–H groups in total. The topological polar surface area (TPSA) is 69.2 Å². The zero-order valence-electron chi connectivity index (χ0n) is 10.7. The molecule has 18 heavy (non-hydrogen) atoms. The molecule has 0 unspecified atom stereocenters. The molecule has 0 saturated carbocycles. The van der Waals surface area contributed by atoms with Gasteiger partial charge in [0.15, 0.2) is 16.7 Å². The zero-order chi connectivity index (χ0) is 13.4. The predicted octanol–water partition coefficient (Wildman–Crippen LogP) is 2.11. The fraction of sp³-hybridized carbons (Fsp3) is 0.333. The number of nitrogens with zero attached hydrogens (tertiary/aromatic N) is 2. The summed E-state index contributed by atoms with van der Waals surface area (Å²) in [5.41, 5.74) is 6.32. The van der Waals surface area contributed by atoms with Gasteiger partial charge in [-0.3, -0.25) is 0 Å². The first-order chi connectivity index (χ1) is 8.72. The van der Waals surface area contributed by atoms with Gasteiger partial charge in [-0.05, 0) is 25.3 Å². The molecule has 1 aromatic rings. The van der Waals surface area contributed by atoms with E-state index < -0.39 is 0 Å². The maximum atomic E-state index is 5.53. The number of rotatable bonds is 5. The molecule has 0 bridgehead atoms. The minimum Gasteiger partial charge on any atom is -0.492 e. The Morgan fingerprint density at radius 2 is 2.28 bits per heavy atom. The summed E-state index contributed by atoms with van der Waals surface area (Å²) in [6.07, 6.45) is 3.43. The molecule has 0 saturated heterocycles. The zero-order valence-corrected chi connectivity index (χ0v) is 11.5. The molecule has 0 aliphatic rings. The first-order valence-electron chi connectivity index (χ1n) is 5.43. The van der Waals surface area contributed by atoms with Crippen LogP contribution >= 0.6 is 11.8 Å². The first kappa shape index (κ1) is 14.4. The SMILES string of the molecule is CCOc1cccc(/C=N\N=C(/N)SC)c1OC. The van der Waals surface area contributed by atoms with E-state index in [0.717, 1.165) is 5.56 Å². The van der Waals surface area contributed by atoms with Crippen LogP contribution in [-0.4, -0.2) is 31.4 Å². The van der Waals surface area contributed by atoms with Crippen LogP contribution in [0.2, 0.25) is 0 Å². The van der Waals surface area contributed by atoms with Crippen LogP contribution in [0.3, 0.4) is 0 Å². The van der Waals surface area contributed by atoms with Crippen molar-refractivity contribution in [1.29, 1.82) is 0 Å². The lowest BCUT2D eigenvalue weighted by Crippen LogP contribution is -2.04. The maximum Gasteiger partial charge on any atom is 0.180 e. The molecule has 0 amide bonds. The highest BCUT2D eigenvalue weighted by molar-refractivity contribution is 8.13. The molecule has 6 heteroatoms. The third-order valence-electron chi connectivity index (χ3n) is 2.08. The average molecular weight is 267 g/mol. The molecule has 1 aromatic carbocycles. The van der Waals surface area contributed by atoms with Crippen molar-refractivity contribution in [2.45, 2.75) is 6.92 Å². The van der Waals surface area contributed by atoms with Gasteiger partial charge in [0.05, 0.1) is 19.9 Å². The van der Waals surface area contributed by atoms with Crippen molar-refractivity contribution in [3.63, 3.8) is 0 Å². The van der Waals surface area contributed by atoms with Gasteiger partial charge in [-0.15, -0.1) is 5.10 Å². The van der Waals surface area contributed by atoms with E-state index in [9.17, 15) is 0 Å². The van der Waals surface area contributed by atoms with E-state index >= 15 is 0 Å². The number of thioether (sulfide) groups is 1. The van der Waals surface area contributed by atoms with E-state index in [1.807, 2.05) is 31.4 Å². The standard InChI is InChI=1S/C12H17N3O2S/c1-4-17-10-7-5-6-9(11(10)16-2)8-14-15-12(13)18-3/h5-8H,4H2,1-3H3,(H2,13,15)/b14-8-. The Morgan fingerprint density at radius 3 is 2.89 bits per heavy atom. The predicted molar refractivity (Wildman–Crippen MR) is 76.9 cm³/mol. The molecule has 0 heterocycles. The third-order valence-corrected chi connectivity index (χ3v) is 2.58. The average Bonchev–Trinajstić information content (AvgIpc) is 2.39. The van der Waals surface area contributed by atoms with Crippen molar-refractivity contribution < 1.29 is 9.47 Å². The lowest BCUT2D eigenvalue weighted by atomic mass is 10.2. The van der Waals surface area contributed by atoms with Crippen LogP contribution in [0.25, 0.3) is 0 Å². The summed E-state index contributed by atoms with van der Waals surface area (Å²) < 4.78 is 10.8. The second-order valence-electron chi connectivity index (χ2n) is 3.20. The normalized spacial score (nSPS) is 11.8. The molecule has 0 aliphatic heterocycles. The van der Waals surface area contributed by atoms with E-state index in [0.29, 0.717) is 23.3 Å². The van der Waals surface area contributed by atoms with Crippen LogP contribution in [0, 0.1) is 0 Å². The van der Waals surface area contributed by atoms with Gasteiger partial charge in [0.2, 0.25) is 0 Å². The van der Waals surface area contributed by atoms with Crippen molar-refractivity contribution in [3.8, 4) is 11.5 Å². The first-order valence-corrected chi connectivity index (χ1v) is 6.65. The monoisotopic (exact) mass is 267 g/mol. The van der Waals surface area contributed by atoms with Crippen LogP contribution in [0.4, 0.5) is 0 Å². The number of nitrogens with two attached hydrogens (primary N) is 1. The number of ether oxygens (including phenoxy) is 2. The molecule has 98 valence electrons. The molecule has 0 aliphatic carbocycles. The van der Waals surface area contributed by atoms with E-state index in [4.69, 9.17) is 15.2 Å². The van der Waals surface area contributed by atoms with Gasteiger partial charge in [0.1, 0.15) is 0 Å². The number of para-hydroxylation sites is 1. The van der Waals surface area contributed by atoms with Crippen molar-refractivity contribution in [2.75, 3.05) is 20.0 Å². The fourth-order valence-corrected chi connectivity index (χ4v) is 1.44. The van der Waals surface area contributed by atoms with Gasteiger partial charge in [0.25, 0.3) is 0 Å². The van der Waals surface area contributed by atoms with E-state index in [1.54, 1.807) is 13.3 Å². The van der Waals surface area contributed by atoms with Crippen molar-refractivity contribution in [2.24, 2.45) is 15.9 Å². The highest BCUT2D eigenvalue weighted by Gasteiger charge is 2.07. The minimum absolute atomic E-state index is 0.408. The molecule has 5 nitrogen and oxygen atoms in total. The van der Waals surface area contributed by atoms with Crippen LogP contribution in [0.15, 0.2) is 28.4 Å². The van der Waals surface area contributed by atoms with Crippen LogP contribution in [-0.2, 0) is 0 Å². The van der Waals surface area contributed by atoms with Crippen LogP contribution < -0.4 is 15.2 Å². The van der Waals surface area contributed by atoms with E-state index in [-0.39, 0.29) is 0 Å². The summed E-state index contributed by atoms with van der Waals surface area (Å²) in [6.45, 7) is 2.50. The molecule has 1 rings (SSSR count). The summed E-state index contributed by atoms with van der Waals surface area (Å²) >= 11 is 1.34. The second-order valence-corrected chi connectivity index (χ2v) is 4.03. The largest absolute Gasteiger partial charge is 0.492 e. The summed E-state index contributed by atoms with van der Waals surface area (Å²) in [7, 11) is 1.59. The quantitative estimate of drug-likeness (QED) is 0.504. The minimum atomic E-state index is 0.408. The second kappa shape index (κ2) is 7.60. The highest BCUT2D eigenvalue weighted by Crippen LogP contribution is 2.29. The van der Waals surface area contributed by atoms with E-state index in [1.165, 1.54) is 11.8 Å². The Balaban J connectivity index is 2.98. The van der Waals surface area contributed by atoms with Gasteiger partial charge in [-0.2, -0.15) is 5.10 Å². The summed E-state index contributed by atoms with van der Waals surface area (Å²) in [6, 6.07) is 5.59. The Labute approximate surface area is 111 Å². The van der Waals surface area contributed by atoms with Crippen molar-refractivity contribution in [1.82, 2.24) is 0 Å². The van der Waals surface area contributed by atoms with Gasteiger partial charge in [-0.1, -0.05) is 17.8 Å². The molecular weight excluding hydrogens is 250 g/mol. The van der Waals surface area contributed by atoms with E-state index in [2.05, 4.69) is 10.2 Å². The van der Waals surface area contributed by atoms with Gasteiger partial charge in [-0.25, -0.2) is 0 Å². The summed E-state index contributed by atoms with van der Waals surface area (Å²) in [5, 5.41) is 8.13. The lowest BCUT2D eigenvalue weighted by molar-refractivity contribution is 0.310. The number of hydrogen-bond acceptors (Lipinski definition) is 5. The highest BCUT2D eigenvalue weighted by atomic mass is 32.2. The number of methoxy groups -OCH3 is 1. The Bertz CT molecular complexity index is 447. The molecule has 0 fully saturated rings. The van der Waals surface area contributed by atoms with Gasteiger partial charge >= 0.3 is 0 Å². The van der Waals surface area contributed by atoms with Gasteiger partial charge in [0, 0.05) is 5.56 Å². The smallest absolute Gasteiger partial charge is 0.180 e. The van der Waals surface area contributed by atoms with Gasteiger partial charge < -0.3 is 15.2 Å². The molecular formula is C12H17N3O2S. The Morgan fingerprint density at radius 1 is 1.50 bits per heavy atom. The summed E-state index contributed by atoms with van der Waals surface area (Å²) in [4.78, 5) is 0. The van der Waals surface area contributed by atoms with Crippen LogP contribution in [0.1, 0.15) is 12.5 Å². The molecule has 0 spiro atoms. The Hall–Kier alpha value is -1.69. The number of benzene rings is 1. The third kappa shape index (κ3) is 3.96. The maximum absolute atomic E-state index is 5.53. The van der Waals surface area contributed by atoms with Crippen molar-refractivity contribution in [3.05, 3.63) is 23.8 Å². The molecule has 0 radical (unpaired) electrons. The molecule has 0 atom stereocenters. The number of amidine groups is 1. The summed E-state index contributed by atoms with van der Waals surface area (Å²) in [5.74, 6) is 1.33. The lowest BCUT2D eigenvalue weighted by Gasteiger charge is -2.10.